The van der Waals surface area contributed by atoms with Gasteiger partial charge in [-0.25, -0.2) is 13.8 Å². The Morgan fingerprint density at radius 1 is 1.24 bits per heavy atom. The summed E-state index contributed by atoms with van der Waals surface area (Å²) in [6, 6.07) is 1.65. The smallest absolute Gasteiger partial charge is 0.353 e. The Bertz CT molecular complexity index is 1470. The molecule has 0 spiro atoms. The molecule has 7 nitrogen and oxygen atoms in total. The molecule has 1 aliphatic carbocycles. The van der Waals surface area contributed by atoms with Crippen molar-refractivity contribution in [2.24, 2.45) is 10.9 Å². The van der Waals surface area contributed by atoms with Crippen LogP contribution in [0.5, 0.6) is 0 Å². The normalized spacial score (nSPS) is 21.2. The molecule has 2 saturated heterocycles. The maximum Gasteiger partial charge on any atom is 0.394 e. The molecule has 0 amide bonds. The molecule has 4 heterocycles. The third-order valence-electron chi connectivity index (χ3n) is 6.89. The summed E-state index contributed by atoms with van der Waals surface area (Å²) in [6.45, 7) is 5.89. The predicted octanol–water partition coefficient (Wildman–Crippen LogP) is 5.19. The van der Waals surface area contributed by atoms with E-state index in [1.807, 2.05) is 4.90 Å². The van der Waals surface area contributed by atoms with Gasteiger partial charge in [0.25, 0.3) is 6.43 Å². The van der Waals surface area contributed by atoms with Gasteiger partial charge >= 0.3 is 6.18 Å². The van der Waals surface area contributed by atoms with Gasteiger partial charge in [-0.1, -0.05) is 24.3 Å². The second kappa shape index (κ2) is 9.63. The number of anilines is 1. The fraction of sp³-hybridized carbons (Fsp3) is 0.360. The zero-order valence-corrected chi connectivity index (χ0v) is 20.8. The Hall–Kier alpha value is -3.56. The van der Waals surface area contributed by atoms with E-state index in [0.717, 1.165) is 0 Å². The van der Waals surface area contributed by atoms with Crippen molar-refractivity contribution in [2.75, 3.05) is 31.1 Å². The van der Waals surface area contributed by atoms with Crippen molar-refractivity contribution in [2.45, 2.75) is 25.6 Å². The lowest BCUT2D eigenvalue weighted by Crippen LogP contribution is -2.67. The summed E-state index contributed by atoms with van der Waals surface area (Å²) in [7, 11) is 0. The summed E-state index contributed by atoms with van der Waals surface area (Å²) in [5.74, 6) is -0.926. The van der Waals surface area contributed by atoms with Gasteiger partial charge in [-0.15, -0.1) is 0 Å². The number of fused-ring (bicyclic) bond motifs is 1. The van der Waals surface area contributed by atoms with E-state index in [2.05, 4.69) is 21.7 Å². The first kappa shape index (κ1) is 26.1. The SMILES string of the molecule is C=CN=C1C=C(Cl)C=C/C1=C\c1c(C)nc2c(C#N)c(C(F)F)nn2c1N1CC(N2CC(C(F)(F)F)C2)C1. The van der Waals surface area contributed by atoms with E-state index in [4.69, 9.17) is 11.6 Å². The molecule has 0 radical (unpaired) electrons. The van der Waals surface area contributed by atoms with Crippen molar-refractivity contribution in [3.63, 3.8) is 0 Å². The predicted molar refractivity (Wildman–Crippen MR) is 133 cm³/mol. The van der Waals surface area contributed by atoms with Crippen LogP contribution in [0.25, 0.3) is 11.7 Å². The largest absolute Gasteiger partial charge is 0.394 e. The first-order valence-corrected chi connectivity index (χ1v) is 12.0. The highest BCUT2D eigenvalue weighted by molar-refractivity contribution is 6.35. The fourth-order valence-corrected chi connectivity index (χ4v) is 4.95. The molecule has 0 N–H and O–H groups in total. The number of likely N-dealkylation sites (tertiary alicyclic amines) is 1. The molecule has 2 aromatic rings. The molecule has 3 aliphatic rings. The first-order valence-electron chi connectivity index (χ1n) is 11.6. The highest BCUT2D eigenvalue weighted by atomic mass is 35.5. The van der Waals surface area contributed by atoms with Crippen LogP contribution in [-0.4, -0.2) is 63.6 Å². The van der Waals surface area contributed by atoms with E-state index in [1.54, 1.807) is 42.2 Å². The molecule has 0 saturated carbocycles. The molecule has 5 rings (SSSR count). The van der Waals surface area contributed by atoms with E-state index in [0.29, 0.717) is 46.5 Å². The number of aliphatic imine (C=N–C) groups is 1. The van der Waals surface area contributed by atoms with Gasteiger partial charge in [0, 0.05) is 54.6 Å². The van der Waals surface area contributed by atoms with E-state index < -0.39 is 24.2 Å². The average molecular weight is 550 g/mol. The molecule has 0 atom stereocenters. The molecule has 2 aliphatic heterocycles. The van der Waals surface area contributed by atoms with Crippen LogP contribution in [0.1, 0.15) is 28.9 Å². The lowest BCUT2D eigenvalue weighted by molar-refractivity contribution is -0.214. The van der Waals surface area contributed by atoms with Crippen LogP contribution in [-0.2, 0) is 0 Å². The van der Waals surface area contributed by atoms with Crippen LogP contribution in [0, 0.1) is 24.2 Å². The summed E-state index contributed by atoms with van der Waals surface area (Å²) in [5.41, 5.74) is 1.15. The van der Waals surface area contributed by atoms with Gasteiger partial charge in [0.05, 0.1) is 17.3 Å². The van der Waals surface area contributed by atoms with Gasteiger partial charge in [-0.05, 0) is 25.2 Å². The first-order chi connectivity index (χ1) is 18.0. The number of nitriles is 1. The summed E-state index contributed by atoms with van der Waals surface area (Å²) in [5, 5.41) is 14.1. The maximum atomic E-state index is 13.8. The third-order valence-corrected chi connectivity index (χ3v) is 7.12. The molecule has 13 heteroatoms. The Labute approximate surface area is 219 Å². The van der Waals surface area contributed by atoms with Crippen LogP contribution in [0.4, 0.5) is 27.8 Å². The van der Waals surface area contributed by atoms with Crippen LogP contribution in [0.2, 0.25) is 0 Å². The van der Waals surface area contributed by atoms with E-state index in [9.17, 15) is 27.2 Å². The lowest BCUT2D eigenvalue weighted by atomic mass is 9.93. The number of aromatic nitrogens is 3. The van der Waals surface area contributed by atoms with Crippen molar-refractivity contribution in [1.29, 1.82) is 5.26 Å². The molecule has 0 bridgehead atoms. The van der Waals surface area contributed by atoms with E-state index in [-0.39, 0.29) is 30.3 Å². The molecular weight excluding hydrogens is 529 g/mol. The average Bonchev–Trinajstić information content (AvgIpc) is 3.14. The molecule has 0 unspecified atom stereocenters. The van der Waals surface area contributed by atoms with Crippen LogP contribution in [0.3, 0.4) is 0 Å². The molecule has 198 valence electrons. The minimum Gasteiger partial charge on any atom is -0.353 e. The highest BCUT2D eigenvalue weighted by Crippen LogP contribution is 2.39. The van der Waals surface area contributed by atoms with Crippen LogP contribution in [0.15, 0.2) is 46.6 Å². The van der Waals surface area contributed by atoms with Crippen molar-refractivity contribution in [3.8, 4) is 6.07 Å². The van der Waals surface area contributed by atoms with Crippen LogP contribution < -0.4 is 4.90 Å². The van der Waals surface area contributed by atoms with Gasteiger partial charge in [0.1, 0.15) is 23.1 Å². The van der Waals surface area contributed by atoms with Gasteiger partial charge < -0.3 is 4.90 Å². The number of nitrogens with zero attached hydrogens (tertiary/aromatic N) is 7. The summed E-state index contributed by atoms with van der Waals surface area (Å²) >= 11 is 6.13. The van der Waals surface area contributed by atoms with E-state index in [1.165, 1.54) is 10.7 Å². The third kappa shape index (κ3) is 4.50. The highest BCUT2D eigenvalue weighted by Gasteiger charge is 2.50. The monoisotopic (exact) mass is 549 g/mol. The number of alkyl halides is 5. The maximum absolute atomic E-state index is 13.8. The zero-order chi connectivity index (χ0) is 27.4. The Balaban J connectivity index is 1.58. The number of aryl methyl sites for hydroxylation is 1. The molecule has 2 aromatic heterocycles. The minimum absolute atomic E-state index is 0.0101. The standard InChI is InChI=1S/C25H21ClF5N7/c1-3-33-20-7-16(26)5-4-14(20)6-18-13(2)34-23-19(8-32)21(22(27)28)35-38(23)24(18)37-11-17(12-37)36-9-15(10-36)25(29,30)31/h3-7,15,17,22H,1,9-12H2,2H3/b14-6+,33-20?. The van der Waals surface area contributed by atoms with Gasteiger partial charge in [-0.3, -0.25) is 9.89 Å². The molecule has 0 aromatic carbocycles. The number of hydrogen-bond donors (Lipinski definition) is 0. The molecular formula is C25H21ClF5N7. The lowest BCUT2D eigenvalue weighted by Gasteiger charge is -2.52. The second-order valence-corrected chi connectivity index (χ2v) is 9.69. The minimum atomic E-state index is -4.22. The van der Waals surface area contributed by atoms with Gasteiger partial charge in [-0.2, -0.15) is 28.0 Å². The fourth-order valence-electron chi connectivity index (χ4n) is 4.79. The second-order valence-electron chi connectivity index (χ2n) is 9.25. The van der Waals surface area contributed by atoms with Crippen molar-refractivity contribution in [3.05, 3.63) is 64.1 Å². The summed E-state index contributed by atoms with van der Waals surface area (Å²) in [6.07, 6.45) is 0.968. The Kier molecular flexibility index (Phi) is 6.61. The van der Waals surface area contributed by atoms with Gasteiger partial charge in [0.2, 0.25) is 0 Å². The van der Waals surface area contributed by atoms with Crippen molar-refractivity contribution < 1.29 is 22.0 Å². The topological polar surface area (TPSA) is 72.8 Å². The Morgan fingerprint density at radius 2 is 1.95 bits per heavy atom. The summed E-state index contributed by atoms with van der Waals surface area (Å²) < 4.78 is 67.6. The number of hydrogen-bond acceptors (Lipinski definition) is 6. The quantitative estimate of drug-likeness (QED) is 0.480. The van der Waals surface area contributed by atoms with Crippen molar-refractivity contribution in [1.82, 2.24) is 19.5 Å². The molecule has 38 heavy (non-hydrogen) atoms. The Morgan fingerprint density at radius 3 is 2.55 bits per heavy atom. The summed E-state index contributed by atoms with van der Waals surface area (Å²) in [4.78, 5) is 12.3. The van der Waals surface area contributed by atoms with Crippen LogP contribution >= 0.6 is 11.6 Å². The van der Waals surface area contributed by atoms with E-state index >= 15 is 0 Å². The molecule has 2 fully saturated rings. The number of halogens is 6. The van der Waals surface area contributed by atoms with Gasteiger partial charge in [0.15, 0.2) is 5.65 Å². The van der Waals surface area contributed by atoms with Crippen molar-refractivity contribution >= 4 is 34.9 Å². The zero-order valence-electron chi connectivity index (χ0n) is 20.1. The number of rotatable bonds is 5. The number of allylic oxidation sites excluding steroid dienone is 5.